The van der Waals surface area contributed by atoms with Crippen LogP contribution in [0.25, 0.3) is 0 Å². The highest BCUT2D eigenvalue weighted by atomic mass is 16.2. The van der Waals surface area contributed by atoms with Gasteiger partial charge in [0, 0.05) is 0 Å². The Bertz CT molecular complexity index is 699. The largest absolute Gasteiger partial charge is 0.268 e. The number of amides is 2. The lowest BCUT2D eigenvalue weighted by Gasteiger charge is -2.20. The van der Waals surface area contributed by atoms with Crippen LogP contribution < -0.4 is 4.90 Å². The number of hydrogen-bond donors (Lipinski definition) is 0. The van der Waals surface area contributed by atoms with E-state index in [9.17, 15) is 9.59 Å². The lowest BCUT2D eigenvalue weighted by molar-refractivity contribution is 0.0926. The maximum absolute atomic E-state index is 12.6. The quantitative estimate of drug-likeness (QED) is 0.805. The molecular weight excluding hydrogens is 262 g/mol. The van der Waals surface area contributed by atoms with Crippen LogP contribution in [0.2, 0.25) is 0 Å². The molecule has 2 aromatic rings. The maximum Gasteiger partial charge on any atom is 0.266 e. The summed E-state index contributed by atoms with van der Waals surface area (Å²) >= 11 is 0. The van der Waals surface area contributed by atoms with Crippen LogP contribution in [-0.2, 0) is 12.8 Å². The number of carbonyl (C=O) groups is 2. The Morgan fingerprint density at radius 2 is 1.43 bits per heavy atom. The molecule has 3 rings (SSSR count). The molecular formula is C18H17NO2. The zero-order valence-electron chi connectivity index (χ0n) is 12.2. The van der Waals surface area contributed by atoms with Gasteiger partial charge in [0.15, 0.2) is 0 Å². The van der Waals surface area contributed by atoms with Crippen molar-refractivity contribution in [2.24, 2.45) is 0 Å². The number of hydrogen-bond acceptors (Lipinski definition) is 2. The third kappa shape index (κ3) is 1.97. The van der Waals surface area contributed by atoms with Gasteiger partial charge in [-0.2, -0.15) is 0 Å². The lowest BCUT2D eigenvalue weighted by atomic mass is 10.00. The van der Waals surface area contributed by atoms with Crippen molar-refractivity contribution >= 4 is 17.5 Å². The second-order valence-electron chi connectivity index (χ2n) is 5.11. The predicted molar refractivity (Wildman–Crippen MR) is 82.8 cm³/mol. The number of rotatable bonds is 3. The fourth-order valence-corrected chi connectivity index (χ4v) is 2.98. The molecule has 0 N–H and O–H groups in total. The molecule has 1 aliphatic rings. The van der Waals surface area contributed by atoms with Crippen molar-refractivity contribution in [3.63, 3.8) is 0 Å². The fraction of sp³-hybridized carbons (Fsp3) is 0.222. The molecule has 1 aliphatic heterocycles. The van der Waals surface area contributed by atoms with Crippen molar-refractivity contribution in [1.29, 1.82) is 0 Å². The summed E-state index contributed by atoms with van der Waals surface area (Å²) in [4.78, 5) is 26.5. The van der Waals surface area contributed by atoms with E-state index in [2.05, 4.69) is 19.9 Å². The van der Waals surface area contributed by atoms with Gasteiger partial charge in [-0.15, -0.1) is 0 Å². The van der Waals surface area contributed by atoms with Gasteiger partial charge in [-0.1, -0.05) is 38.1 Å². The van der Waals surface area contributed by atoms with Gasteiger partial charge in [0.05, 0.1) is 16.8 Å². The molecule has 0 aromatic heterocycles. The van der Waals surface area contributed by atoms with Gasteiger partial charge < -0.3 is 0 Å². The van der Waals surface area contributed by atoms with Crippen LogP contribution in [0.4, 0.5) is 5.69 Å². The summed E-state index contributed by atoms with van der Waals surface area (Å²) in [5.41, 5.74) is 3.97. The van der Waals surface area contributed by atoms with E-state index in [1.165, 1.54) is 10.5 Å². The van der Waals surface area contributed by atoms with Crippen molar-refractivity contribution in [2.45, 2.75) is 26.7 Å². The maximum atomic E-state index is 12.6. The first-order chi connectivity index (χ1) is 10.2. The van der Waals surface area contributed by atoms with Crippen LogP contribution >= 0.6 is 0 Å². The minimum atomic E-state index is -0.224. The van der Waals surface area contributed by atoms with Gasteiger partial charge in [0.2, 0.25) is 0 Å². The molecule has 106 valence electrons. The van der Waals surface area contributed by atoms with E-state index in [1.54, 1.807) is 24.3 Å². The molecule has 0 saturated carbocycles. The van der Waals surface area contributed by atoms with Crippen molar-refractivity contribution in [2.75, 3.05) is 4.90 Å². The summed E-state index contributed by atoms with van der Waals surface area (Å²) in [7, 11) is 0. The van der Waals surface area contributed by atoms with Crippen molar-refractivity contribution in [1.82, 2.24) is 0 Å². The molecule has 0 radical (unpaired) electrons. The van der Waals surface area contributed by atoms with Crippen LogP contribution in [0, 0.1) is 0 Å². The summed E-state index contributed by atoms with van der Waals surface area (Å²) in [6.45, 7) is 4.14. The Morgan fingerprint density at radius 3 is 1.95 bits per heavy atom. The Labute approximate surface area is 124 Å². The van der Waals surface area contributed by atoms with Crippen LogP contribution in [0.1, 0.15) is 45.7 Å². The van der Waals surface area contributed by atoms with E-state index >= 15 is 0 Å². The summed E-state index contributed by atoms with van der Waals surface area (Å²) in [6, 6.07) is 12.8. The van der Waals surface area contributed by atoms with E-state index in [1.807, 2.05) is 12.1 Å². The first-order valence-corrected chi connectivity index (χ1v) is 7.27. The molecule has 0 fully saturated rings. The molecule has 21 heavy (non-hydrogen) atoms. The first-order valence-electron chi connectivity index (χ1n) is 7.27. The molecule has 0 atom stereocenters. The Kier molecular flexibility index (Phi) is 3.34. The number of carbonyl (C=O) groups excluding carboxylic acids is 2. The number of nitrogens with zero attached hydrogens (tertiary/aromatic N) is 1. The highest BCUT2D eigenvalue weighted by Crippen LogP contribution is 2.32. The van der Waals surface area contributed by atoms with Gasteiger partial charge in [-0.3, -0.25) is 9.59 Å². The van der Waals surface area contributed by atoms with Crippen LogP contribution in [0.3, 0.4) is 0 Å². The smallest absolute Gasteiger partial charge is 0.266 e. The highest BCUT2D eigenvalue weighted by Gasteiger charge is 2.37. The molecule has 0 unspecified atom stereocenters. The second kappa shape index (κ2) is 5.17. The van der Waals surface area contributed by atoms with E-state index in [4.69, 9.17) is 0 Å². The average Bonchev–Trinajstić information content (AvgIpc) is 2.78. The third-order valence-corrected chi connectivity index (χ3v) is 4.02. The first kappa shape index (κ1) is 13.6. The van der Waals surface area contributed by atoms with E-state index < -0.39 is 0 Å². The SMILES string of the molecule is CCc1cccc(N2C(=O)c3ccccc3C2=O)c1CC. The van der Waals surface area contributed by atoms with E-state index in [-0.39, 0.29) is 11.8 Å². The van der Waals surface area contributed by atoms with Crippen molar-refractivity contribution < 1.29 is 9.59 Å². The van der Waals surface area contributed by atoms with Crippen molar-refractivity contribution in [3.05, 3.63) is 64.7 Å². The number of benzene rings is 2. The minimum Gasteiger partial charge on any atom is -0.268 e. The monoisotopic (exact) mass is 279 g/mol. The molecule has 1 heterocycles. The number of aryl methyl sites for hydroxylation is 1. The Hall–Kier alpha value is -2.42. The van der Waals surface area contributed by atoms with E-state index in [0.717, 1.165) is 24.1 Å². The molecule has 0 saturated heterocycles. The summed E-state index contributed by atoms with van der Waals surface area (Å²) in [5, 5.41) is 0. The van der Waals surface area contributed by atoms with Gasteiger partial charge in [0.1, 0.15) is 0 Å². The summed E-state index contributed by atoms with van der Waals surface area (Å²) < 4.78 is 0. The summed E-state index contributed by atoms with van der Waals surface area (Å²) in [6.07, 6.45) is 1.69. The number of anilines is 1. The normalized spacial score (nSPS) is 13.7. The number of imide groups is 1. The molecule has 0 aliphatic carbocycles. The molecule has 2 aromatic carbocycles. The average molecular weight is 279 g/mol. The molecule has 2 amide bonds. The number of fused-ring (bicyclic) bond motifs is 1. The summed E-state index contributed by atoms with van der Waals surface area (Å²) in [5.74, 6) is -0.447. The Balaban J connectivity index is 2.16. The van der Waals surface area contributed by atoms with E-state index in [0.29, 0.717) is 11.1 Å². The van der Waals surface area contributed by atoms with Gasteiger partial charge in [-0.05, 0) is 42.2 Å². The van der Waals surface area contributed by atoms with Crippen molar-refractivity contribution in [3.8, 4) is 0 Å². The topological polar surface area (TPSA) is 37.4 Å². The van der Waals surface area contributed by atoms with Crippen LogP contribution in [-0.4, -0.2) is 11.8 Å². The zero-order valence-corrected chi connectivity index (χ0v) is 12.2. The lowest BCUT2D eigenvalue weighted by Crippen LogP contribution is -2.30. The highest BCUT2D eigenvalue weighted by molar-refractivity contribution is 6.34. The third-order valence-electron chi connectivity index (χ3n) is 4.02. The molecule has 0 spiro atoms. The Morgan fingerprint density at radius 1 is 0.810 bits per heavy atom. The minimum absolute atomic E-state index is 0.224. The fourth-order valence-electron chi connectivity index (χ4n) is 2.98. The molecule has 3 nitrogen and oxygen atoms in total. The van der Waals surface area contributed by atoms with Crippen LogP contribution in [0.5, 0.6) is 0 Å². The second-order valence-corrected chi connectivity index (χ2v) is 5.11. The predicted octanol–water partition coefficient (Wildman–Crippen LogP) is 3.61. The molecule has 0 bridgehead atoms. The van der Waals surface area contributed by atoms with Gasteiger partial charge >= 0.3 is 0 Å². The van der Waals surface area contributed by atoms with Gasteiger partial charge in [0.25, 0.3) is 11.8 Å². The zero-order chi connectivity index (χ0) is 15.0. The standard InChI is InChI=1S/C18H17NO2/c1-3-12-8-7-11-16(13(12)4-2)19-17(20)14-9-5-6-10-15(14)18(19)21/h5-11H,3-4H2,1-2H3. The molecule has 3 heteroatoms. The van der Waals surface area contributed by atoms with Gasteiger partial charge in [-0.25, -0.2) is 4.90 Å². The van der Waals surface area contributed by atoms with Crippen LogP contribution in [0.15, 0.2) is 42.5 Å².